The van der Waals surface area contributed by atoms with Crippen LogP contribution in [0.5, 0.6) is 5.75 Å². The molecule has 2 rings (SSSR count). The summed E-state index contributed by atoms with van der Waals surface area (Å²) in [4.78, 5) is 14.3. The van der Waals surface area contributed by atoms with Crippen LogP contribution in [0.1, 0.15) is 43.5 Å². The molecule has 1 aromatic carbocycles. The number of esters is 1. The van der Waals surface area contributed by atoms with Gasteiger partial charge in [0.2, 0.25) is 0 Å². The molecule has 0 spiro atoms. The highest BCUT2D eigenvalue weighted by atomic mass is 35.5. The van der Waals surface area contributed by atoms with E-state index in [1.165, 1.54) is 25.9 Å². The van der Waals surface area contributed by atoms with Gasteiger partial charge in [-0.1, -0.05) is 0 Å². The van der Waals surface area contributed by atoms with Crippen molar-refractivity contribution in [1.82, 2.24) is 4.90 Å². The lowest BCUT2D eigenvalue weighted by Crippen LogP contribution is -2.22. The minimum Gasteiger partial charge on any atom is -0.491 e. The van der Waals surface area contributed by atoms with Gasteiger partial charge in [0, 0.05) is 6.54 Å². The Morgan fingerprint density at radius 2 is 1.82 bits per heavy atom. The number of hydrogen-bond donors (Lipinski definition) is 0. The summed E-state index contributed by atoms with van der Waals surface area (Å²) >= 11 is 0. The van der Waals surface area contributed by atoms with Crippen molar-refractivity contribution in [2.24, 2.45) is 0 Å². The predicted molar refractivity (Wildman–Crippen MR) is 90.0 cm³/mol. The van der Waals surface area contributed by atoms with Crippen LogP contribution in [-0.2, 0) is 4.74 Å². The lowest BCUT2D eigenvalue weighted by molar-refractivity contribution is 0.0491. The fraction of sp³-hybridized carbons (Fsp3) is 0.588. The van der Waals surface area contributed by atoms with E-state index >= 15 is 0 Å². The van der Waals surface area contributed by atoms with Crippen LogP contribution in [0.15, 0.2) is 24.3 Å². The molecule has 1 aliphatic rings. The summed E-state index contributed by atoms with van der Waals surface area (Å²) in [6, 6.07) is 7.11. The molecule has 1 aromatic rings. The highest BCUT2D eigenvalue weighted by Crippen LogP contribution is 2.14. The number of hydrogen-bond acceptors (Lipinski definition) is 4. The quantitative estimate of drug-likeness (QED) is 0.567. The van der Waals surface area contributed by atoms with E-state index in [0.29, 0.717) is 12.2 Å². The van der Waals surface area contributed by atoms with Crippen molar-refractivity contribution in [2.45, 2.75) is 39.2 Å². The second kappa shape index (κ2) is 9.70. The number of halogens is 1. The Kier molecular flexibility index (Phi) is 8.28. The zero-order chi connectivity index (χ0) is 15.1. The number of benzene rings is 1. The minimum absolute atomic E-state index is 0. The second-order valence-electron chi connectivity index (χ2n) is 5.73. The van der Waals surface area contributed by atoms with Gasteiger partial charge in [-0.25, -0.2) is 4.79 Å². The molecule has 1 aliphatic heterocycles. The average molecular weight is 328 g/mol. The van der Waals surface area contributed by atoms with Crippen molar-refractivity contribution in [3.8, 4) is 5.75 Å². The molecule has 0 radical (unpaired) electrons. The number of carbonyl (C=O) groups excluding carboxylic acids is 1. The fourth-order valence-electron chi connectivity index (χ4n) is 2.48. The maximum atomic E-state index is 11.9. The average Bonchev–Trinajstić information content (AvgIpc) is 2.97. The van der Waals surface area contributed by atoms with Crippen LogP contribution in [0.4, 0.5) is 0 Å². The topological polar surface area (TPSA) is 38.8 Å². The van der Waals surface area contributed by atoms with Crippen LogP contribution in [0.3, 0.4) is 0 Å². The van der Waals surface area contributed by atoms with Gasteiger partial charge in [-0.05, 0) is 70.5 Å². The Balaban J connectivity index is 0.00000242. The van der Waals surface area contributed by atoms with Crippen LogP contribution < -0.4 is 4.74 Å². The number of rotatable bonds is 7. The maximum absolute atomic E-state index is 11.9. The van der Waals surface area contributed by atoms with Crippen molar-refractivity contribution in [3.63, 3.8) is 0 Å². The Morgan fingerprint density at radius 1 is 1.18 bits per heavy atom. The van der Waals surface area contributed by atoms with Crippen LogP contribution in [-0.4, -0.2) is 43.2 Å². The highest BCUT2D eigenvalue weighted by molar-refractivity contribution is 5.89. The second-order valence-corrected chi connectivity index (χ2v) is 5.73. The Bertz CT molecular complexity index is 442. The number of ether oxygens (including phenoxy) is 2. The fourth-order valence-corrected chi connectivity index (χ4v) is 2.48. The molecule has 1 fully saturated rings. The van der Waals surface area contributed by atoms with Crippen molar-refractivity contribution in [1.29, 1.82) is 0 Å². The van der Waals surface area contributed by atoms with Gasteiger partial charge in [-0.15, -0.1) is 12.4 Å². The van der Waals surface area contributed by atoms with Crippen molar-refractivity contribution in [3.05, 3.63) is 29.8 Å². The molecule has 124 valence electrons. The number of nitrogens with zero attached hydrogens (tertiary/aromatic N) is 1. The maximum Gasteiger partial charge on any atom is 0.338 e. The SMILES string of the molecule is CC(C)Oc1ccc(C(=O)OCCCN2CCCC2)cc1.Cl. The third-order valence-electron chi connectivity index (χ3n) is 3.51. The molecule has 0 aromatic heterocycles. The Labute approximate surface area is 139 Å². The Hall–Kier alpha value is -1.26. The highest BCUT2D eigenvalue weighted by Gasteiger charge is 2.11. The van der Waals surface area contributed by atoms with Gasteiger partial charge in [0.25, 0.3) is 0 Å². The lowest BCUT2D eigenvalue weighted by atomic mass is 10.2. The first-order valence-corrected chi connectivity index (χ1v) is 7.81. The first-order valence-electron chi connectivity index (χ1n) is 7.81. The van der Waals surface area contributed by atoms with E-state index in [2.05, 4.69) is 4.90 Å². The van der Waals surface area contributed by atoms with Gasteiger partial charge in [-0.2, -0.15) is 0 Å². The molecule has 1 saturated heterocycles. The number of likely N-dealkylation sites (tertiary alicyclic amines) is 1. The van der Waals surface area contributed by atoms with Crippen LogP contribution in [0.2, 0.25) is 0 Å². The molecule has 0 atom stereocenters. The first kappa shape index (κ1) is 18.8. The molecule has 0 N–H and O–H groups in total. The third-order valence-corrected chi connectivity index (χ3v) is 3.51. The summed E-state index contributed by atoms with van der Waals surface area (Å²) in [6.45, 7) is 7.83. The molecular weight excluding hydrogens is 302 g/mol. The van der Waals surface area contributed by atoms with Gasteiger partial charge in [0.1, 0.15) is 5.75 Å². The van der Waals surface area contributed by atoms with Crippen molar-refractivity contribution >= 4 is 18.4 Å². The molecule has 0 aliphatic carbocycles. The van der Waals surface area contributed by atoms with Crippen molar-refractivity contribution < 1.29 is 14.3 Å². The van der Waals surface area contributed by atoms with Gasteiger partial charge in [0.05, 0.1) is 18.3 Å². The van der Waals surface area contributed by atoms with Gasteiger partial charge in [-0.3, -0.25) is 0 Å². The molecule has 0 amide bonds. The summed E-state index contributed by atoms with van der Waals surface area (Å²) in [6.07, 6.45) is 3.63. The van der Waals surface area contributed by atoms with E-state index in [9.17, 15) is 4.79 Å². The van der Waals surface area contributed by atoms with E-state index in [4.69, 9.17) is 9.47 Å². The van der Waals surface area contributed by atoms with E-state index < -0.39 is 0 Å². The van der Waals surface area contributed by atoms with Crippen LogP contribution in [0, 0.1) is 0 Å². The predicted octanol–water partition coefficient (Wildman–Crippen LogP) is 3.54. The van der Waals surface area contributed by atoms with Gasteiger partial charge >= 0.3 is 5.97 Å². The molecule has 5 heteroatoms. The summed E-state index contributed by atoms with van der Waals surface area (Å²) in [7, 11) is 0. The number of carbonyl (C=O) groups is 1. The molecular formula is C17H26ClNO3. The van der Waals surface area contributed by atoms with E-state index in [0.717, 1.165) is 18.7 Å². The van der Waals surface area contributed by atoms with E-state index in [1.54, 1.807) is 24.3 Å². The zero-order valence-electron chi connectivity index (χ0n) is 13.4. The molecule has 0 saturated carbocycles. The van der Waals surface area contributed by atoms with E-state index in [-0.39, 0.29) is 24.5 Å². The van der Waals surface area contributed by atoms with Crippen LogP contribution >= 0.6 is 12.4 Å². The van der Waals surface area contributed by atoms with Crippen molar-refractivity contribution in [2.75, 3.05) is 26.2 Å². The minimum atomic E-state index is -0.257. The van der Waals surface area contributed by atoms with Gasteiger partial charge < -0.3 is 14.4 Å². The van der Waals surface area contributed by atoms with E-state index in [1.807, 2.05) is 13.8 Å². The smallest absolute Gasteiger partial charge is 0.338 e. The van der Waals surface area contributed by atoms with Crippen LogP contribution in [0.25, 0.3) is 0 Å². The molecule has 0 bridgehead atoms. The molecule has 0 unspecified atom stereocenters. The summed E-state index contributed by atoms with van der Waals surface area (Å²) in [5.74, 6) is 0.517. The molecule has 1 heterocycles. The normalized spacial score (nSPS) is 14.7. The monoisotopic (exact) mass is 327 g/mol. The molecule has 4 nitrogen and oxygen atoms in total. The standard InChI is InChI=1S/C17H25NO3.ClH/c1-14(2)21-16-8-6-15(7-9-16)17(19)20-13-5-12-18-10-3-4-11-18;/h6-9,14H,3-5,10-13H2,1-2H3;1H. The van der Waals surface area contributed by atoms with Gasteiger partial charge in [0.15, 0.2) is 0 Å². The first-order chi connectivity index (χ1) is 10.1. The summed E-state index contributed by atoms with van der Waals surface area (Å²) in [5, 5.41) is 0. The lowest BCUT2D eigenvalue weighted by Gasteiger charge is -2.14. The Morgan fingerprint density at radius 3 is 2.41 bits per heavy atom. The molecule has 22 heavy (non-hydrogen) atoms. The zero-order valence-corrected chi connectivity index (χ0v) is 14.2. The summed E-state index contributed by atoms with van der Waals surface area (Å²) in [5.41, 5.74) is 0.576. The third kappa shape index (κ3) is 6.24. The largest absolute Gasteiger partial charge is 0.491 e. The summed E-state index contributed by atoms with van der Waals surface area (Å²) < 4.78 is 10.8.